The molecule has 0 aliphatic carbocycles. The highest BCUT2D eigenvalue weighted by molar-refractivity contribution is 5.42. The second-order valence-corrected chi connectivity index (χ2v) is 3.52. The van der Waals surface area contributed by atoms with E-state index in [2.05, 4.69) is 10.4 Å². The van der Waals surface area contributed by atoms with Gasteiger partial charge >= 0.3 is 0 Å². The third-order valence-electron chi connectivity index (χ3n) is 2.26. The lowest BCUT2D eigenvalue weighted by Gasteiger charge is -2.07. The van der Waals surface area contributed by atoms with Gasteiger partial charge in [0.1, 0.15) is 5.82 Å². The molecule has 1 N–H and O–H groups in total. The van der Waals surface area contributed by atoms with Crippen molar-refractivity contribution < 1.29 is 4.39 Å². The van der Waals surface area contributed by atoms with Crippen LogP contribution in [0.25, 0.3) is 0 Å². The van der Waals surface area contributed by atoms with E-state index in [1.165, 1.54) is 22.9 Å². The van der Waals surface area contributed by atoms with E-state index in [0.717, 1.165) is 0 Å². The number of rotatable bonds is 4. The SMILES string of the molecule is O=c1cccnn1CCNc1cccc(F)c1. The molecule has 0 saturated carbocycles. The van der Waals surface area contributed by atoms with Crippen LogP contribution < -0.4 is 10.9 Å². The Hall–Kier alpha value is -2.17. The molecule has 0 saturated heterocycles. The van der Waals surface area contributed by atoms with Crippen LogP contribution in [0, 0.1) is 5.82 Å². The van der Waals surface area contributed by atoms with Crippen LogP contribution in [-0.4, -0.2) is 16.3 Å². The molecule has 88 valence electrons. The molecule has 0 fully saturated rings. The Balaban J connectivity index is 1.92. The zero-order valence-electron chi connectivity index (χ0n) is 9.14. The van der Waals surface area contributed by atoms with Crippen LogP contribution in [0.15, 0.2) is 47.4 Å². The Morgan fingerprint density at radius 2 is 2.18 bits per heavy atom. The van der Waals surface area contributed by atoms with Crippen molar-refractivity contribution in [3.63, 3.8) is 0 Å². The molecule has 0 amide bonds. The number of hydrogen-bond donors (Lipinski definition) is 1. The van der Waals surface area contributed by atoms with Gasteiger partial charge in [0.15, 0.2) is 0 Å². The zero-order chi connectivity index (χ0) is 12.1. The summed E-state index contributed by atoms with van der Waals surface area (Å²) >= 11 is 0. The number of benzene rings is 1. The predicted molar refractivity (Wildman–Crippen MR) is 63.4 cm³/mol. The minimum absolute atomic E-state index is 0.145. The third kappa shape index (κ3) is 3.14. The maximum atomic E-state index is 12.9. The number of anilines is 1. The number of aromatic nitrogens is 2. The quantitative estimate of drug-likeness (QED) is 0.870. The molecule has 1 heterocycles. The largest absolute Gasteiger partial charge is 0.383 e. The standard InChI is InChI=1S/C12H12FN3O/c13-10-3-1-4-11(9-10)14-7-8-16-12(17)5-2-6-15-16/h1-6,9,14H,7-8H2. The maximum Gasteiger partial charge on any atom is 0.266 e. The fourth-order valence-corrected chi connectivity index (χ4v) is 1.46. The van der Waals surface area contributed by atoms with Gasteiger partial charge < -0.3 is 5.32 Å². The Kier molecular flexibility index (Phi) is 3.49. The Morgan fingerprint density at radius 3 is 2.94 bits per heavy atom. The predicted octanol–water partition coefficient (Wildman–Crippen LogP) is 1.49. The number of hydrogen-bond acceptors (Lipinski definition) is 3. The second-order valence-electron chi connectivity index (χ2n) is 3.52. The molecule has 0 aliphatic heterocycles. The summed E-state index contributed by atoms with van der Waals surface area (Å²) in [6.07, 6.45) is 1.56. The lowest BCUT2D eigenvalue weighted by molar-refractivity contribution is 0.597. The molecule has 0 unspecified atom stereocenters. The fourth-order valence-electron chi connectivity index (χ4n) is 1.46. The van der Waals surface area contributed by atoms with Gasteiger partial charge in [-0.1, -0.05) is 6.07 Å². The summed E-state index contributed by atoms with van der Waals surface area (Å²) in [7, 11) is 0. The van der Waals surface area contributed by atoms with E-state index in [1.807, 2.05) is 0 Å². The van der Waals surface area contributed by atoms with Crippen LogP contribution in [0.3, 0.4) is 0 Å². The molecule has 0 radical (unpaired) electrons. The first kappa shape index (κ1) is 11.3. The topological polar surface area (TPSA) is 46.9 Å². The van der Waals surface area contributed by atoms with Gasteiger partial charge in [0.25, 0.3) is 5.56 Å². The van der Waals surface area contributed by atoms with Gasteiger partial charge in [0, 0.05) is 24.5 Å². The fraction of sp³-hybridized carbons (Fsp3) is 0.167. The maximum absolute atomic E-state index is 12.9. The van der Waals surface area contributed by atoms with Gasteiger partial charge in [-0.3, -0.25) is 4.79 Å². The highest BCUT2D eigenvalue weighted by atomic mass is 19.1. The average Bonchev–Trinajstić information content (AvgIpc) is 2.32. The van der Waals surface area contributed by atoms with E-state index in [1.54, 1.807) is 24.4 Å². The van der Waals surface area contributed by atoms with Crippen molar-refractivity contribution in [1.82, 2.24) is 9.78 Å². The van der Waals surface area contributed by atoms with Crippen LogP contribution in [0.2, 0.25) is 0 Å². The molecule has 0 bridgehead atoms. The van der Waals surface area contributed by atoms with E-state index >= 15 is 0 Å². The minimum Gasteiger partial charge on any atom is -0.383 e. The second kappa shape index (κ2) is 5.25. The number of nitrogens with zero attached hydrogens (tertiary/aromatic N) is 2. The van der Waals surface area contributed by atoms with Crippen molar-refractivity contribution in [2.75, 3.05) is 11.9 Å². The van der Waals surface area contributed by atoms with Crippen LogP contribution in [0.4, 0.5) is 10.1 Å². The molecule has 0 atom stereocenters. The van der Waals surface area contributed by atoms with Crippen molar-refractivity contribution >= 4 is 5.69 Å². The third-order valence-corrected chi connectivity index (χ3v) is 2.26. The molecule has 1 aromatic heterocycles. The van der Waals surface area contributed by atoms with Gasteiger partial charge in [-0.05, 0) is 24.3 Å². The lowest BCUT2D eigenvalue weighted by Crippen LogP contribution is -2.24. The molecular weight excluding hydrogens is 221 g/mol. The van der Waals surface area contributed by atoms with Crippen LogP contribution in [-0.2, 0) is 6.54 Å². The van der Waals surface area contributed by atoms with E-state index < -0.39 is 0 Å². The summed E-state index contributed by atoms with van der Waals surface area (Å²) in [5.41, 5.74) is 0.544. The molecule has 2 rings (SSSR count). The van der Waals surface area contributed by atoms with Crippen molar-refractivity contribution in [3.05, 3.63) is 58.8 Å². The Labute approximate surface area is 97.7 Å². The van der Waals surface area contributed by atoms with Gasteiger partial charge in [0.2, 0.25) is 0 Å². The van der Waals surface area contributed by atoms with Crippen LogP contribution in [0.1, 0.15) is 0 Å². The van der Waals surface area contributed by atoms with Crippen molar-refractivity contribution in [2.24, 2.45) is 0 Å². The highest BCUT2D eigenvalue weighted by Crippen LogP contribution is 2.08. The molecule has 0 spiro atoms. The first-order chi connectivity index (χ1) is 8.25. The van der Waals surface area contributed by atoms with Gasteiger partial charge in [-0.25, -0.2) is 9.07 Å². The normalized spacial score (nSPS) is 10.2. The van der Waals surface area contributed by atoms with Gasteiger partial charge in [-0.15, -0.1) is 0 Å². The lowest BCUT2D eigenvalue weighted by atomic mass is 10.3. The highest BCUT2D eigenvalue weighted by Gasteiger charge is 1.96. The van der Waals surface area contributed by atoms with Gasteiger partial charge in [-0.2, -0.15) is 5.10 Å². The average molecular weight is 233 g/mol. The first-order valence-corrected chi connectivity index (χ1v) is 5.27. The summed E-state index contributed by atoms with van der Waals surface area (Å²) in [5.74, 6) is -0.287. The zero-order valence-corrected chi connectivity index (χ0v) is 9.14. The number of nitrogens with one attached hydrogen (secondary N) is 1. The Bertz CT molecular complexity index is 553. The summed E-state index contributed by atoms with van der Waals surface area (Å²) in [5, 5.41) is 6.94. The van der Waals surface area contributed by atoms with Crippen LogP contribution in [0.5, 0.6) is 0 Å². The molecule has 1 aromatic carbocycles. The van der Waals surface area contributed by atoms with Gasteiger partial charge in [0.05, 0.1) is 6.54 Å². The molecule has 2 aromatic rings. The molecule has 17 heavy (non-hydrogen) atoms. The van der Waals surface area contributed by atoms with E-state index in [-0.39, 0.29) is 11.4 Å². The number of halogens is 1. The van der Waals surface area contributed by atoms with Crippen molar-refractivity contribution in [2.45, 2.75) is 6.54 Å². The molecule has 0 aliphatic rings. The molecular formula is C12H12FN3O. The summed E-state index contributed by atoms with van der Waals surface area (Å²) in [6.45, 7) is 0.955. The van der Waals surface area contributed by atoms with Crippen molar-refractivity contribution in [3.8, 4) is 0 Å². The first-order valence-electron chi connectivity index (χ1n) is 5.27. The van der Waals surface area contributed by atoms with Crippen molar-refractivity contribution in [1.29, 1.82) is 0 Å². The Morgan fingerprint density at radius 1 is 1.29 bits per heavy atom. The monoisotopic (exact) mass is 233 g/mol. The summed E-state index contributed by atoms with van der Waals surface area (Å²) < 4.78 is 14.2. The minimum atomic E-state index is -0.287. The molecule has 5 heteroatoms. The van der Waals surface area contributed by atoms with E-state index in [9.17, 15) is 9.18 Å². The van der Waals surface area contributed by atoms with E-state index in [4.69, 9.17) is 0 Å². The summed E-state index contributed by atoms with van der Waals surface area (Å²) in [4.78, 5) is 11.3. The molecule has 4 nitrogen and oxygen atoms in total. The summed E-state index contributed by atoms with van der Waals surface area (Å²) in [6, 6.07) is 9.23. The smallest absolute Gasteiger partial charge is 0.266 e. The van der Waals surface area contributed by atoms with E-state index in [0.29, 0.717) is 18.8 Å². The van der Waals surface area contributed by atoms with Crippen LogP contribution >= 0.6 is 0 Å².